The van der Waals surface area contributed by atoms with Gasteiger partial charge in [0.15, 0.2) is 0 Å². The average Bonchev–Trinajstić information content (AvgIpc) is 2.12. The molecule has 0 aliphatic carbocycles. The van der Waals surface area contributed by atoms with Crippen molar-refractivity contribution in [3.8, 4) is 0 Å². The van der Waals surface area contributed by atoms with E-state index in [-0.39, 0.29) is 0 Å². The molecule has 0 fully saturated rings. The molecule has 0 radical (unpaired) electrons. The van der Waals surface area contributed by atoms with Gasteiger partial charge >= 0.3 is 49.8 Å². The average molecular weight is 107 g/mol. The van der Waals surface area contributed by atoms with E-state index in [9.17, 15) is 0 Å². The van der Waals surface area contributed by atoms with Gasteiger partial charge in [0.2, 0.25) is 0 Å². The van der Waals surface area contributed by atoms with Gasteiger partial charge < -0.3 is 0 Å². The van der Waals surface area contributed by atoms with Gasteiger partial charge in [0.25, 0.3) is 0 Å². The topological polar surface area (TPSA) is 12.4 Å². The van der Waals surface area contributed by atoms with Crippen molar-refractivity contribution >= 4 is 18.7 Å². The van der Waals surface area contributed by atoms with Gasteiger partial charge in [-0.2, -0.15) is 0 Å². The van der Waals surface area contributed by atoms with Crippen molar-refractivity contribution in [2.24, 2.45) is 10.8 Å². The normalized spacial score (nSPS) is 16.6. The number of rotatable bonds is 1. The first-order valence-corrected chi connectivity index (χ1v) is 3.02. The van der Waals surface area contributed by atoms with E-state index in [0.29, 0.717) is 5.92 Å². The van der Waals surface area contributed by atoms with Crippen LogP contribution in [0.25, 0.3) is 0 Å². The Bertz CT molecular complexity index is 135. The van der Waals surface area contributed by atoms with Crippen LogP contribution in [0.5, 0.6) is 0 Å². The molecule has 2 heteroatoms. The zero-order valence-corrected chi connectivity index (χ0v) is 5.39. The standard InChI is InChI=1S/C6H10BN/c1-5(2)6-3-4-7-8-6/h4-5H,3H2,1-2H3. The van der Waals surface area contributed by atoms with E-state index < -0.39 is 0 Å². The van der Waals surface area contributed by atoms with E-state index in [0.717, 1.165) is 6.42 Å². The Morgan fingerprint density at radius 3 is 2.75 bits per heavy atom. The van der Waals surface area contributed by atoms with E-state index in [4.69, 9.17) is 0 Å². The molecule has 0 saturated heterocycles. The maximum atomic E-state index is 4.17. The zero-order valence-electron chi connectivity index (χ0n) is 5.39. The molecule has 1 aliphatic heterocycles. The van der Waals surface area contributed by atoms with Gasteiger partial charge in [-0.25, -0.2) is 0 Å². The number of hydrogen-bond acceptors (Lipinski definition) is 1. The Hall–Kier alpha value is -0.395. The second-order valence-electron chi connectivity index (χ2n) is 2.36. The molecule has 0 bridgehead atoms. The summed E-state index contributed by atoms with van der Waals surface area (Å²) in [5, 5.41) is 0. The third kappa shape index (κ3) is 1.06. The molecule has 0 aromatic heterocycles. The minimum atomic E-state index is 0.630. The van der Waals surface area contributed by atoms with Crippen molar-refractivity contribution in [2.45, 2.75) is 20.3 Å². The molecular formula is C6H10BN. The van der Waals surface area contributed by atoms with Gasteiger partial charge in [-0.15, -0.1) is 0 Å². The van der Waals surface area contributed by atoms with E-state index in [1.807, 2.05) is 7.06 Å². The van der Waals surface area contributed by atoms with Crippen LogP contribution in [-0.4, -0.2) is 18.7 Å². The zero-order chi connectivity index (χ0) is 5.98. The molecule has 0 unspecified atom stereocenters. The third-order valence-corrected chi connectivity index (χ3v) is 1.34. The van der Waals surface area contributed by atoms with Crippen LogP contribution in [0.2, 0.25) is 0 Å². The van der Waals surface area contributed by atoms with E-state index in [1.165, 1.54) is 5.71 Å². The summed E-state index contributed by atoms with van der Waals surface area (Å²) in [6, 6.07) is 0. The van der Waals surface area contributed by atoms with Crippen molar-refractivity contribution in [3.05, 3.63) is 0 Å². The van der Waals surface area contributed by atoms with Gasteiger partial charge in [-0.05, 0) is 0 Å². The summed E-state index contributed by atoms with van der Waals surface area (Å²) < 4.78 is 0. The second kappa shape index (κ2) is 2.25. The monoisotopic (exact) mass is 107 g/mol. The van der Waals surface area contributed by atoms with Crippen molar-refractivity contribution in [2.75, 3.05) is 0 Å². The van der Waals surface area contributed by atoms with Crippen LogP contribution in [0.4, 0.5) is 0 Å². The molecule has 8 heavy (non-hydrogen) atoms. The molecule has 42 valence electrons. The summed E-state index contributed by atoms with van der Waals surface area (Å²) in [6.07, 6.45) is 1.07. The van der Waals surface area contributed by atoms with Gasteiger partial charge in [0, 0.05) is 0 Å². The summed E-state index contributed by atoms with van der Waals surface area (Å²) in [4.78, 5) is 4.17. The summed E-state index contributed by atoms with van der Waals surface area (Å²) in [5.41, 5.74) is 1.31. The molecule has 1 heterocycles. The summed E-state index contributed by atoms with van der Waals surface area (Å²) in [6.45, 7) is 4.34. The first kappa shape index (κ1) is 5.74. The Labute approximate surface area is 50.8 Å². The van der Waals surface area contributed by atoms with Crippen molar-refractivity contribution in [3.63, 3.8) is 0 Å². The van der Waals surface area contributed by atoms with Gasteiger partial charge in [-0.3, -0.25) is 0 Å². The first-order chi connectivity index (χ1) is 3.80. The number of hydrogen-bond donors (Lipinski definition) is 0. The molecule has 0 N–H and O–H groups in total. The first-order valence-electron chi connectivity index (χ1n) is 3.02. The fourth-order valence-corrected chi connectivity index (χ4v) is 0.759. The molecule has 0 saturated carbocycles. The maximum absolute atomic E-state index is 4.17. The third-order valence-electron chi connectivity index (χ3n) is 1.34. The van der Waals surface area contributed by atoms with Crippen LogP contribution in [0.3, 0.4) is 0 Å². The second-order valence-corrected chi connectivity index (χ2v) is 2.36. The van der Waals surface area contributed by atoms with E-state index in [2.05, 4.69) is 24.7 Å². The van der Waals surface area contributed by atoms with Gasteiger partial charge in [0.1, 0.15) is 0 Å². The van der Waals surface area contributed by atoms with Gasteiger partial charge in [-0.1, -0.05) is 0 Å². The van der Waals surface area contributed by atoms with Crippen molar-refractivity contribution < 1.29 is 0 Å². The quantitative estimate of drug-likeness (QED) is 0.441. The Kier molecular flexibility index (Phi) is 1.61. The van der Waals surface area contributed by atoms with Crippen LogP contribution >= 0.6 is 0 Å². The molecule has 0 spiro atoms. The molecular weight excluding hydrogens is 96.9 g/mol. The Balaban J connectivity index is 2.51. The van der Waals surface area contributed by atoms with Crippen LogP contribution in [0, 0.1) is 5.92 Å². The molecule has 1 nitrogen and oxygen atoms in total. The van der Waals surface area contributed by atoms with Gasteiger partial charge in [0.05, 0.1) is 0 Å². The SMILES string of the molecule is CC(C)C1=NB=CC1. The minimum absolute atomic E-state index is 0.630. The molecule has 1 rings (SSSR count). The molecule has 0 amide bonds. The van der Waals surface area contributed by atoms with E-state index in [1.54, 1.807) is 0 Å². The Morgan fingerprint density at radius 1 is 1.75 bits per heavy atom. The summed E-state index contributed by atoms with van der Waals surface area (Å²) in [5.74, 6) is 2.72. The predicted molar refractivity (Wildman–Crippen MR) is 38.7 cm³/mol. The van der Waals surface area contributed by atoms with Crippen LogP contribution in [0.1, 0.15) is 20.3 Å². The van der Waals surface area contributed by atoms with Crippen LogP contribution in [0.15, 0.2) is 4.90 Å². The summed E-state index contributed by atoms with van der Waals surface area (Å²) in [7, 11) is 1.88. The molecule has 1 aliphatic rings. The predicted octanol–water partition coefficient (Wildman–Crippen LogP) is 0.908. The fraction of sp³-hybridized carbons (Fsp3) is 0.667. The van der Waals surface area contributed by atoms with Crippen molar-refractivity contribution in [1.29, 1.82) is 0 Å². The van der Waals surface area contributed by atoms with E-state index >= 15 is 0 Å². The summed E-state index contributed by atoms with van der Waals surface area (Å²) >= 11 is 0. The van der Waals surface area contributed by atoms with Crippen LogP contribution in [-0.2, 0) is 0 Å². The molecule has 0 aromatic rings. The molecule has 0 aromatic carbocycles. The molecule has 0 atom stereocenters. The Morgan fingerprint density at radius 2 is 2.50 bits per heavy atom. The van der Waals surface area contributed by atoms with Crippen LogP contribution < -0.4 is 0 Å². The van der Waals surface area contributed by atoms with Crippen molar-refractivity contribution in [1.82, 2.24) is 0 Å². The number of nitrogens with zero attached hydrogens (tertiary/aromatic N) is 1. The fourth-order valence-electron chi connectivity index (χ4n) is 0.759.